The van der Waals surface area contributed by atoms with Crippen molar-refractivity contribution in [2.75, 3.05) is 13.2 Å². The van der Waals surface area contributed by atoms with Gasteiger partial charge in [-0.3, -0.25) is 4.90 Å². The number of hydrogen-bond donors (Lipinski definition) is 1. The molecule has 0 amide bonds. The molecule has 1 atom stereocenters. The largest absolute Gasteiger partial charge is 0.491 e. The first-order valence-electron chi connectivity index (χ1n) is 7.95. The molecule has 1 unspecified atom stereocenters. The number of nitrogens with zero attached hydrogens (tertiary/aromatic N) is 1. The number of β-amino-alcohol motifs (C(OH)–C–C–N with tert-alkyl or cyclic N) is 1. The molecule has 22 heavy (non-hydrogen) atoms. The van der Waals surface area contributed by atoms with Crippen LogP contribution in [-0.2, 0) is 0 Å². The molecule has 0 bridgehead atoms. The lowest BCUT2D eigenvalue weighted by Gasteiger charge is -2.53. The minimum Gasteiger partial charge on any atom is -0.491 e. The molecule has 1 aliphatic rings. The van der Waals surface area contributed by atoms with Crippen LogP contribution in [0.3, 0.4) is 0 Å². The first-order valence-corrected chi connectivity index (χ1v) is 7.95. The average Bonchev–Trinajstić information content (AvgIpc) is 2.41. The van der Waals surface area contributed by atoms with Crippen molar-refractivity contribution in [3.8, 4) is 5.75 Å². The third kappa shape index (κ3) is 4.87. The van der Waals surface area contributed by atoms with Gasteiger partial charge in [0.1, 0.15) is 18.5 Å². The molecular weight excluding hydrogens is 298 g/mol. The Morgan fingerprint density at radius 2 is 1.64 bits per heavy atom. The molecule has 1 aromatic rings. The Kier molecular flexibility index (Phi) is 6.72. The van der Waals surface area contributed by atoms with Crippen molar-refractivity contribution in [2.24, 2.45) is 0 Å². The second kappa shape index (κ2) is 7.67. The molecule has 1 heterocycles. The molecule has 3 nitrogen and oxygen atoms in total. The van der Waals surface area contributed by atoms with Crippen molar-refractivity contribution in [3.05, 3.63) is 30.3 Å². The molecule has 1 saturated heterocycles. The molecule has 1 aliphatic heterocycles. The first kappa shape index (κ1) is 19.3. The fourth-order valence-electron chi connectivity index (χ4n) is 3.51. The molecule has 1 fully saturated rings. The predicted octanol–water partition coefficient (Wildman–Crippen LogP) is 3.89. The van der Waals surface area contributed by atoms with Gasteiger partial charge in [-0.05, 0) is 59.1 Å². The van der Waals surface area contributed by atoms with Gasteiger partial charge >= 0.3 is 0 Å². The van der Waals surface area contributed by atoms with Crippen molar-refractivity contribution < 1.29 is 9.84 Å². The van der Waals surface area contributed by atoms with Gasteiger partial charge < -0.3 is 9.84 Å². The minimum atomic E-state index is -0.471. The summed E-state index contributed by atoms with van der Waals surface area (Å²) in [5.74, 6) is 0.814. The van der Waals surface area contributed by atoms with Crippen LogP contribution < -0.4 is 4.74 Å². The van der Waals surface area contributed by atoms with Crippen LogP contribution in [0.15, 0.2) is 30.3 Å². The second-order valence-electron chi connectivity index (χ2n) is 7.37. The average molecular weight is 328 g/mol. The molecule has 1 aromatic carbocycles. The lowest BCUT2D eigenvalue weighted by atomic mass is 9.79. The number of piperidine rings is 1. The fourth-order valence-corrected chi connectivity index (χ4v) is 3.51. The highest BCUT2D eigenvalue weighted by molar-refractivity contribution is 5.85. The van der Waals surface area contributed by atoms with Gasteiger partial charge in [0.15, 0.2) is 0 Å². The van der Waals surface area contributed by atoms with Gasteiger partial charge in [0, 0.05) is 17.6 Å². The Hall–Kier alpha value is -0.770. The maximum absolute atomic E-state index is 10.4. The normalized spacial score (nSPS) is 21.7. The van der Waals surface area contributed by atoms with E-state index >= 15 is 0 Å². The number of aliphatic hydroxyl groups is 1. The molecule has 0 saturated carbocycles. The summed E-state index contributed by atoms with van der Waals surface area (Å²) in [7, 11) is 0. The Morgan fingerprint density at radius 3 is 2.18 bits per heavy atom. The lowest BCUT2D eigenvalue weighted by molar-refractivity contribution is -0.0606. The molecular formula is C18H30ClNO2. The van der Waals surface area contributed by atoms with Gasteiger partial charge in [0.05, 0.1) is 0 Å². The summed E-state index contributed by atoms with van der Waals surface area (Å²) < 4.78 is 5.67. The van der Waals surface area contributed by atoms with Gasteiger partial charge in [-0.15, -0.1) is 12.4 Å². The number of para-hydroxylation sites is 1. The summed E-state index contributed by atoms with van der Waals surface area (Å²) >= 11 is 0. The van der Waals surface area contributed by atoms with E-state index in [0.717, 1.165) is 5.75 Å². The number of benzene rings is 1. The maximum Gasteiger partial charge on any atom is 0.119 e. The van der Waals surface area contributed by atoms with E-state index in [1.54, 1.807) is 0 Å². The predicted molar refractivity (Wildman–Crippen MR) is 93.9 cm³/mol. The number of ether oxygens (including phenoxy) is 1. The van der Waals surface area contributed by atoms with Gasteiger partial charge in [-0.25, -0.2) is 0 Å². The maximum atomic E-state index is 10.4. The Labute approximate surface area is 141 Å². The summed E-state index contributed by atoms with van der Waals surface area (Å²) in [6, 6.07) is 9.68. The third-order valence-corrected chi connectivity index (χ3v) is 4.62. The van der Waals surface area contributed by atoms with Crippen LogP contribution in [0.1, 0.15) is 47.0 Å². The molecule has 2 rings (SSSR count). The molecule has 0 aliphatic carbocycles. The highest BCUT2D eigenvalue weighted by Crippen LogP contribution is 2.38. The van der Waals surface area contributed by atoms with Crippen molar-refractivity contribution in [2.45, 2.75) is 64.1 Å². The van der Waals surface area contributed by atoms with Gasteiger partial charge in [-0.1, -0.05) is 18.2 Å². The van der Waals surface area contributed by atoms with Gasteiger partial charge in [-0.2, -0.15) is 0 Å². The smallest absolute Gasteiger partial charge is 0.119 e. The Bertz CT molecular complexity index is 432. The van der Waals surface area contributed by atoms with Crippen molar-refractivity contribution in [3.63, 3.8) is 0 Å². The van der Waals surface area contributed by atoms with Gasteiger partial charge in [0.2, 0.25) is 0 Å². The SMILES string of the molecule is CC1(C)CCCC(C)(C)N1CC(O)COc1ccccc1.Cl. The van der Waals surface area contributed by atoms with Crippen LogP contribution in [-0.4, -0.2) is 40.3 Å². The molecule has 0 aromatic heterocycles. The van der Waals surface area contributed by atoms with E-state index in [2.05, 4.69) is 32.6 Å². The molecule has 0 spiro atoms. The van der Waals surface area contributed by atoms with Gasteiger partial charge in [0.25, 0.3) is 0 Å². The quantitative estimate of drug-likeness (QED) is 0.890. The summed E-state index contributed by atoms with van der Waals surface area (Å²) in [6.45, 7) is 10.1. The van der Waals surface area contributed by atoms with E-state index in [4.69, 9.17) is 4.74 Å². The van der Waals surface area contributed by atoms with E-state index in [0.29, 0.717) is 13.2 Å². The number of rotatable bonds is 5. The number of aliphatic hydroxyl groups excluding tert-OH is 1. The van der Waals surface area contributed by atoms with E-state index < -0.39 is 6.10 Å². The zero-order valence-electron chi connectivity index (χ0n) is 14.2. The van der Waals surface area contributed by atoms with E-state index in [1.807, 2.05) is 30.3 Å². The van der Waals surface area contributed by atoms with Crippen LogP contribution >= 0.6 is 12.4 Å². The van der Waals surface area contributed by atoms with Crippen molar-refractivity contribution in [1.29, 1.82) is 0 Å². The zero-order valence-corrected chi connectivity index (χ0v) is 15.0. The molecule has 0 radical (unpaired) electrons. The number of halogens is 1. The van der Waals surface area contributed by atoms with Crippen LogP contribution in [0.4, 0.5) is 0 Å². The van der Waals surface area contributed by atoms with E-state index in [-0.39, 0.29) is 23.5 Å². The summed E-state index contributed by atoms with van der Waals surface area (Å²) in [5, 5.41) is 10.4. The zero-order chi connectivity index (χ0) is 15.5. The topological polar surface area (TPSA) is 32.7 Å². The first-order chi connectivity index (χ1) is 9.81. The summed E-state index contributed by atoms with van der Waals surface area (Å²) in [5.41, 5.74) is 0.269. The highest BCUT2D eigenvalue weighted by Gasteiger charge is 2.41. The number of hydrogen-bond acceptors (Lipinski definition) is 3. The molecule has 126 valence electrons. The third-order valence-electron chi connectivity index (χ3n) is 4.62. The standard InChI is InChI=1S/C18H29NO2.ClH/c1-17(2)11-8-12-18(3,4)19(17)13-15(20)14-21-16-9-6-5-7-10-16;/h5-7,9-10,15,20H,8,11-14H2,1-4H3;1H. The number of likely N-dealkylation sites (tertiary alicyclic amines) is 1. The minimum absolute atomic E-state index is 0. The van der Waals surface area contributed by atoms with Crippen LogP contribution in [0, 0.1) is 0 Å². The summed E-state index contributed by atoms with van der Waals surface area (Å²) in [6.07, 6.45) is 3.15. The molecule has 1 N–H and O–H groups in total. The van der Waals surface area contributed by atoms with Crippen molar-refractivity contribution >= 4 is 12.4 Å². The molecule has 4 heteroatoms. The second-order valence-corrected chi connectivity index (χ2v) is 7.37. The van der Waals surface area contributed by atoms with Crippen molar-refractivity contribution in [1.82, 2.24) is 4.90 Å². The Morgan fingerprint density at radius 1 is 1.09 bits per heavy atom. The van der Waals surface area contributed by atoms with Crippen LogP contribution in [0.2, 0.25) is 0 Å². The fraction of sp³-hybridized carbons (Fsp3) is 0.667. The monoisotopic (exact) mass is 327 g/mol. The van der Waals surface area contributed by atoms with E-state index in [9.17, 15) is 5.11 Å². The lowest BCUT2D eigenvalue weighted by Crippen LogP contribution is -2.60. The summed E-state index contributed by atoms with van der Waals surface area (Å²) in [4.78, 5) is 2.45. The highest BCUT2D eigenvalue weighted by atomic mass is 35.5. The van der Waals surface area contributed by atoms with E-state index in [1.165, 1.54) is 19.3 Å². The van der Waals surface area contributed by atoms with Crippen LogP contribution in [0.5, 0.6) is 5.75 Å². The van der Waals surface area contributed by atoms with Crippen LogP contribution in [0.25, 0.3) is 0 Å². The Balaban J connectivity index is 0.00000242.